The Morgan fingerprint density at radius 3 is 1.73 bits per heavy atom. The Hall–Kier alpha value is -3.14. The topological polar surface area (TPSA) is 52.1 Å². The summed E-state index contributed by atoms with van der Waals surface area (Å²) in [5.74, 6) is 2.04. The number of nitrogens with zero attached hydrogens (tertiary/aromatic N) is 2. The van der Waals surface area contributed by atoms with Gasteiger partial charge in [-0.05, 0) is 30.3 Å². The average molecular weight is 288 g/mol. The summed E-state index contributed by atoms with van der Waals surface area (Å²) in [5, 5.41) is 0. The van der Waals surface area contributed by atoms with E-state index >= 15 is 0 Å². The Labute approximate surface area is 127 Å². The molecule has 22 heavy (non-hydrogen) atoms. The van der Waals surface area contributed by atoms with Crippen LogP contribution in [-0.2, 0) is 0 Å². The highest BCUT2D eigenvalue weighted by atomic mass is 16.3. The monoisotopic (exact) mass is 288 g/mol. The van der Waals surface area contributed by atoms with Gasteiger partial charge in [-0.15, -0.1) is 0 Å². The number of rotatable bonds is 3. The van der Waals surface area contributed by atoms with Gasteiger partial charge in [0.05, 0.1) is 12.5 Å². The zero-order valence-electron chi connectivity index (χ0n) is 11.6. The molecule has 0 N–H and O–H groups in total. The molecule has 0 unspecified atom stereocenters. The third-order valence-electron chi connectivity index (χ3n) is 3.31. The number of aromatic nitrogens is 2. The van der Waals surface area contributed by atoms with Crippen LogP contribution in [0.5, 0.6) is 0 Å². The van der Waals surface area contributed by atoms with Crippen molar-refractivity contribution < 1.29 is 8.83 Å². The van der Waals surface area contributed by atoms with E-state index in [4.69, 9.17) is 8.83 Å². The fourth-order valence-electron chi connectivity index (χ4n) is 2.26. The summed E-state index contributed by atoms with van der Waals surface area (Å²) in [6, 6.07) is 19.2. The van der Waals surface area contributed by atoms with Crippen molar-refractivity contribution in [2.75, 3.05) is 0 Å². The maximum atomic E-state index is 5.46. The Balaban J connectivity index is 1.91. The Morgan fingerprint density at radius 2 is 1.23 bits per heavy atom. The van der Waals surface area contributed by atoms with Crippen LogP contribution >= 0.6 is 0 Å². The Kier molecular flexibility index (Phi) is 3.05. The SMILES string of the molecule is c1ccc(-c2nc(-c3ccco3)cc(-c3ccco3)n2)cc1. The first-order chi connectivity index (χ1) is 10.9. The second kappa shape index (κ2) is 5.33. The highest BCUT2D eigenvalue weighted by Gasteiger charge is 2.12. The molecule has 106 valence electrons. The normalized spacial score (nSPS) is 10.7. The molecule has 3 heterocycles. The van der Waals surface area contributed by atoms with E-state index in [1.165, 1.54) is 0 Å². The van der Waals surface area contributed by atoms with Crippen LogP contribution in [0.15, 0.2) is 82.0 Å². The van der Waals surface area contributed by atoms with Crippen molar-refractivity contribution in [2.24, 2.45) is 0 Å². The second-order valence-corrected chi connectivity index (χ2v) is 4.78. The molecule has 4 nitrogen and oxygen atoms in total. The quantitative estimate of drug-likeness (QED) is 0.550. The first-order valence-corrected chi connectivity index (χ1v) is 6.92. The number of furan rings is 2. The van der Waals surface area contributed by atoms with Crippen LogP contribution in [0.1, 0.15) is 0 Å². The summed E-state index contributed by atoms with van der Waals surface area (Å²) in [6.07, 6.45) is 3.26. The lowest BCUT2D eigenvalue weighted by atomic mass is 10.2. The molecule has 0 aliphatic heterocycles. The molecule has 4 rings (SSSR count). The van der Waals surface area contributed by atoms with E-state index in [1.807, 2.05) is 60.7 Å². The van der Waals surface area contributed by atoms with E-state index in [9.17, 15) is 0 Å². The summed E-state index contributed by atoms with van der Waals surface area (Å²) in [7, 11) is 0. The Bertz CT molecular complexity index is 814. The van der Waals surface area contributed by atoms with Gasteiger partial charge in [-0.2, -0.15) is 0 Å². The maximum absolute atomic E-state index is 5.46. The molecule has 0 aliphatic carbocycles. The number of hydrogen-bond donors (Lipinski definition) is 0. The van der Waals surface area contributed by atoms with Gasteiger partial charge in [0.1, 0.15) is 11.4 Å². The summed E-state index contributed by atoms with van der Waals surface area (Å²) < 4.78 is 10.9. The van der Waals surface area contributed by atoms with E-state index in [-0.39, 0.29) is 0 Å². The van der Waals surface area contributed by atoms with Crippen molar-refractivity contribution in [1.29, 1.82) is 0 Å². The van der Waals surface area contributed by atoms with Crippen LogP contribution in [0.4, 0.5) is 0 Å². The molecule has 0 fully saturated rings. The standard InChI is InChI=1S/C18H12N2O2/c1-2-6-13(7-3-1)18-19-14(16-8-4-10-21-16)12-15(20-18)17-9-5-11-22-17/h1-12H. The van der Waals surface area contributed by atoms with Crippen LogP contribution in [-0.4, -0.2) is 9.97 Å². The fraction of sp³-hybridized carbons (Fsp3) is 0. The summed E-state index contributed by atoms with van der Waals surface area (Å²) in [6.45, 7) is 0. The van der Waals surface area contributed by atoms with Crippen LogP contribution in [0.2, 0.25) is 0 Å². The molecular formula is C18H12N2O2. The maximum Gasteiger partial charge on any atom is 0.160 e. The first-order valence-electron chi connectivity index (χ1n) is 6.92. The Morgan fingerprint density at radius 1 is 0.636 bits per heavy atom. The van der Waals surface area contributed by atoms with Gasteiger partial charge >= 0.3 is 0 Å². The van der Waals surface area contributed by atoms with Crippen LogP contribution < -0.4 is 0 Å². The largest absolute Gasteiger partial charge is 0.463 e. The lowest BCUT2D eigenvalue weighted by molar-refractivity contribution is 0.577. The minimum atomic E-state index is 0.640. The molecule has 0 radical (unpaired) electrons. The third kappa shape index (κ3) is 2.31. The molecule has 0 spiro atoms. The molecule has 4 heteroatoms. The van der Waals surface area contributed by atoms with Gasteiger partial charge < -0.3 is 8.83 Å². The minimum absolute atomic E-state index is 0.640. The molecule has 3 aromatic heterocycles. The van der Waals surface area contributed by atoms with Crippen LogP contribution in [0.3, 0.4) is 0 Å². The zero-order chi connectivity index (χ0) is 14.8. The van der Waals surface area contributed by atoms with Gasteiger partial charge in [0, 0.05) is 5.56 Å². The highest BCUT2D eigenvalue weighted by Crippen LogP contribution is 2.27. The van der Waals surface area contributed by atoms with Crippen molar-refractivity contribution >= 4 is 0 Å². The van der Waals surface area contributed by atoms with E-state index in [2.05, 4.69) is 9.97 Å². The molecule has 1 aromatic carbocycles. The minimum Gasteiger partial charge on any atom is -0.463 e. The summed E-state index contributed by atoms with van der Waals surface area (Å²) in [5.41, 5.74) is 2.40. The van der Waals surface area contributed by atoms with Gasteiger partial charge in [-0.3, -0.25) is 0 Å². The van der Waals surface area contributed by atoms with Gasteiger partial charge in [0.25, 0.3) is 0 Å². The van der Waals surface area contributed by atoms with Gasteiger partial charge in [-0.1, -0.05) is 30.3 Å². The molecule has 0 amide bonds. The highest BCUT2D eigenvalue weighted by molar-refractivity contribution is 5.67. The van der Waals surface area contributed by atoms with Crippen LogP contribution in [0, 0.1) is 0 Å². The fourth-order valence-corrected chi connectivity index (χ4v) is 2.26. The predicted molar refractivity (Wildman–Crippen MR) is 82.9 cm³/mol. The third-order valence-corrected chi connectivity index (χ3v) is 3.31. The van der Waals surface area contributed by atoms with Crippen molar-refractivity contribution in [3.63, 3.8) is 0 Å². The number of benzene rings is 1. The van der Waals surface area contributed by atoms with Gasteiger partial charge in [0.15, 0.2) is 17.3 Å². The van der Waals surface area contributed by atoms with Crippen molar-refractivity contribution in [1.82, 2.24) is 9.97 Å². The van der Waals surface area contributed by atoms with E-state index in [0.29, 0.717) is 17.3 Å². The lowest BCUT2D eigenvalue weighted by Gasteiger charge is -2.05. The van der Waals surface area contributed by atoms with E-state index < -0.39 is 0 Å². The molecule has 0 saturated carbocycles. The molecule has 0 saturated heterocycles. The van der Waals surface area contributed by atoms with Crippen LogP contribution in [0.25, 0.3) is 34.3 Å². The molecular weight excluding hydrogens is 276 g/mol. The van der Waals surface area contributed by atoms with E-state index in [0.717, 1.165) is 17.0 Å². The molecule has 0 atom stereocenters. The van der Waals surface area contributed by atoms with Gasteiger partial charge in [-0.25, -0.2) is 9.97 Å². The molecule has 0 aliphatic rings. The van der Waals surface area contributed by atoms with Crippen molar-refractivity contribution in [3.05, 3.63) is 73.2 Å². The predicted octanol–water partition coefficient (Wildman–Crippen LogP) is 4.66. The first kappa shape index (κ1) is 12.6. The van der Waals surface area contributed by atoms with Crippen molar-refractivity contribution in [3.8, 4) is 34.3 Å². The zero-order valence-corrected chi connectivity index (χ0v) is 11.6. The smallest absolute Gasteiger partial charge is 0.160 e. The molecule has 4 aromatic rings. The van der Waals surface area contributed by atoms with Gasteiger partial charge in [0.2, 0.25) is 0 Å². The molecule has 0 bridgehead atoms. The summed E-state index contributed by atoms with van der Waals surface area (Å²) in [4.78, 5) is 9.22. The van der Waals surface area contributed by atoms with E-state index in [1.54, 1.807) is 12.5 Å². The average Bonchev–Trinajstić information content (AvgIpc) is 3.29. The van der Waals surface area contributed by atoms with Crippen molar-refractivity contribution in [2.45, 2.75) is 0 Å². The number of hydrogen-bond acceptors (Lipinski definition) is 4. The lowest BCUT2D eigenvalue weighted by Crippen LogP contribution is -1.94. The summed E-state index contributed by atoms with van der Waals surface area (Å²) >= 11 is 0. The second-order valence-electron chi connectivity index (χ2n) is 4.78.